The molecule has 0 saturated carbocycles. The van der Waals surface area contributed by atoms with Crippen LogP contribution in [0.25, 0.3) is 0 Å². The van der Waals surface area contributed by atoms with Crippen LogP contribution in [0.15, 0.2) is 18.2 Å². The minimum absolute atomic E-state index is 0.191. The highest BCUT2D eigenvalue weighted by atomic mass is 19.1. The predicted molar refractivity (Wildman–Crippen MR) is 72.6 cm³/mol. The van der Waals surface area contributed by atoms with Crippen LogP contribution in [-0.2, 0) is 15.9 Å². The number of benzene rings is 1. The standard InChI is InChI=1S/C14H15FN2O5/c1-21-13(19)16-17(14(20)22-2)11-6-4-8-3-5-9(15)7-10(8)12(11)18/h3,5,7,11H,4,6H2,1-2H3,(H,16,19). The Morgan fingerprint density at radius 2 is 2.05 bits per heavy atom. The normalized spacial score (nSPS) is 16.5. The predicted octanol–water partition coefficient (Wildman–Crippen LogP) is 1.66. The van der Waals surface area contributed by atoms with Gasteiger partial charge in [-0.15, -0.1) is 0 Å². The van der Waals surface area contributed by atoms with Crippen LogP contribution in [-0.4, -0.2) is 43.2 Å². The van der Waals surface area contributed by atoms with Crippen molar-refractivity contribution in [1.82, 2.24) is 10.4 Å². The van der Waals surface area contributed by atoms with Gasteiger partial charge in [-0.05, 0) is 30.5 Å². The second kappa shape index (κ2) is 6.42. The van der Waals surface area contributed by atoms with E-state index in [1.54, 1.807) is 0 Å². The highest BCUT2D eigenvalue weighted by Gasteiger charge is 2.36. The third-order valence-electron chi connectivity index (χ3n) is 3.41. The molecule has 1 atom stereocenters. The number of Topliss-reactive ketones (excluding diaryl/α,β-unsaturated/α-hetero) is 1. The number of ether oxygens (including phenoxy) is 2. The molecule has 118 valence electrons. The second-order valence-electron chi connectivity index (χ2n) is 4.66. The molecule has 2 amide bonds. The first-order valence-electron chi connectivity index (χ1n) is 6.52. The summed E-state index contributed by atoms with van der Waals surface area (Å²) < 4.78 is 22.3. The zero-order valence-corrected chi connectivity index (χ0v) is 12.1. The quantitative estimate of drug-likeness (QED) is 0.797. The molecular formula is C14H15FN2O5. The van der Waals surface area contributed by atoms with Crippen LogP contribution in [0, 0.1) is 5.82 Å². The van der Waals surface area contributed by atoms with E-state index in [1.165, 1.54) is 12.1 Å². The van der Waals surface area contributed by atoms with E-state index < -0.39 is 29.8 Å². The van der Waals surface area contributed by atoms with Crippen LogP contribution < -0.4 is 5.43 Å². The van der Waals surface area contributed by atoms with E-state index in [2.05, 4.69) is 14.9 Å². The molecule has 7 nitrogen and oxygen atoms in total. The van der Waals surface area contributed by atoms with Gasteiger partial charge in [0.25, 0.3) is 0 Å². The molecule has 22 heavy (non-hydrogen) atoms. The Balaban J connectivity index is 2.31. The summed E-state index contributed by atoms with van der Waals surface area (Å²) in [6.45, 7) is 0. The second-order valence-corrected chi connectivity index (χ2v) is 4.66. The molecule has 0 radical (unpaired) electrons. The van der Waals surface area contributed by atoms with E-state index in [0.29, 0.717) is 12.0 Å². The molecule has 1 unspecified atom stereocenters. The van der Waals surface area contributed by atoms with E-state index >= 15 is 0 Å². The number of hydrogen-bond acceptors (Lipinski definition) is 5. The molecule has 1 aliphatic carbocycles. The Hall–Kier alpha value is -2.64. The molecule has 1 aliphatic rings. The lowest BCUT2D eigenvalue weighted by molar-refractivity contribution is 0.0539. The summed E-state index contributed by atoms with van der Waals surface area (Å²) in [6, 6.07) is 2.95. The molecule has 0 bridgehead atoms. The van der Waals surface area contributed by atoms with Crippen molar-refractivity contribution in [2.24, 2.45) is 0 Å². The van der Waals surface area contributed by atoms with Crippen molar-refractivity contribution >= 4 is 18.0 Å². The van der Waals surface area contributed by atoms with E-state index in [9.17, 15) is 18.8 Å². The molecule has 0 aromatic heterocycles. The Kier molecular flexibility index (Phi) is 4.59. The van der Waals surface area contributed by atoms with Gasteiger partial charge in [-0.25, -0.2) is 24.4 Å². The Labute approximate surface area is 126 Å². The fourth-order valence-corrected chi connectivity index (χ4v) is 2.34. The zero-order chi connectivity index (χ0) is 16.3. The summed E-state index contributed by atoms with van der Waals surface area (Å²) in [5.74, 6) is -1.01. The molecule has 0 heterocycles. The van der Waals surface area contributed by atoms with Gasteiger partial charge in [0.15, 0.2) is 5.78 Å². The van der Waals surface area contributed by atoms with Gasteiger partial charge in [-0.1, -0.05) is 6.07 Å². The monoisotopic (exact) mass is 310 g/mol. The van der Waals surface area contributed by atoms with E-state index in [1.807, 2.05) is 0 Å². The van der Waals surface area contributed by atoms with Gasteiger partial charge in [-0.2, -0.15) is 0 Å². The third-order valence-corrected chi connectivity index (χ3v) is 3.41. The summed E-state index contributed by atoms with van der Waals surface area (Å²) in [4.78, 5) is 35.6. The zero-order valence-electron chi connectivity index (χ0n) is 12.1. The SMILES string of the molecule is COC(=O)NN(C(=O)OC)C1CCc2ccc(F)cc2C1=O. The first-order valence-corrected chi connectivity index (χ1v) is 6.52. The highest BCUT2D eigenvalue weighted by molar-refractivity contribution is 6.03. The number of ketones is 1. The van der Waals surface area contributed by atoms with Gasteiger partial charge in [0.2, 0.25) is 0 Å². The molecule has 0 fully saturated rings. The summed E-state index contributed by atoms with van der Waals surface area (Å²) >= 11 is 0. The molecule has 1 N–H and O–H groups in total. The van der Waals surface area contributed by atoms with Gasteiger partial charge in [0.1, 0.15) is 11.9 Å². The molecular weight excluding hydrogens is 295 g/mol. The number of amides is 2. The van der Waals surface area contributed by atoms with Crippen LogP contribution in [0.4, 0.5) is 14.0 Å². The van der Waals surface area contributed by atoms with Crippen LogP contribution in [0.2, 0.25) is 0 Å². The van der Waals surface area contributed by atoms with Crippen LogP contribution in [0.5, 0.6) is 0 Å². The van der Waals surface area contributed by atoms with Gasteiger partial charge in [0.05, 0.1) is 14.2 Å². The summed E-state index contributed by atoms with van der Waals surface area (Å²) in [5, 5.41) is 0.766. The smallest absolute Gasteiger partial charge is 0.429 e. The van der Waals surface area contributed by atoms with Gasteiger partial charge >= 0.3 is 12.2 Å². The first kappa shape index (κ1) is 15.7. The molecule has 1 aromatic carbocycles. The fourth-order valence-electron chi connectivity index (χ4n) is 2.34. The number of nitrogens with zero attached hydrogens (tertiary/aromatic N) is 1. The molecule has 1 aromatic rings. The maximum atomic E-state index is 13.3. The van der Waals surface area contributed by atoms with Crippen molar-refractivity contribution in [1.29, 1.82) is 0 Å². The lowest BCUT2D eigenvalue weighted by Crippen LogP contribution is -2.56. The molecule has 0 aliphatic heterocycles. The van der Waals surface area contributed by atoms with Crippen molar-refractivity contribution in [3.05, 3.63) is 35.1 Å². The van der Waals surface area contributed by atoms with Crippen molar-refractivity contribution in [2.75, 3.05) is 14.2 Å². The van der Waals surface area contributed by atoms with Crippen LogP contribution in [0.3, 0.4) is 0 Å². The molecule has 0 saturated heterocycles. The van der Waals surface area contributed by atoms with Crippen LogP contribution >= 0.6 is 0 Å². The number of fused-ring (bicyclic) bond motifs is 1. The average Bonchev–Trinajstić information content (AvgIpc) is 2.53. The topological polar surface area (TPSA) is 84.9 Å². The largest absolute Gasteiger partial charge is 0.452 e. The van der Waals surface area contributed by atoms with Gasteiger partial charge < -0.3 is 9.47 Å². The van der Waals surface area contributed by atoms with E-state index in [4.69, 9.17) is 0 Å². The Morgan fingerprint density at radius 3 is 2.68 bits per heavy atom. The number of carbonyl (C=O) groups excluding carboxylic acids is 3. The number of rotatable bonds is 1. The summed E-state index contributed by atoms with van der Waals surface area (Å²) in [7, 11) is 2.24. The highest BCUT2D eigenvalue weighted by Crippen LogP contribution is 2.25. The summed E-state index contributed by atoms with van der Waals surface area (Å²) in [6.07, 6.45) is -1.09. The summed E-state index contributed by atoms with van der Waals surface area (Å²) in [5.41, 5.74) is 3.04. The lowest BCUT2D eigenvalue weighted by atomic mass is 9.87. The number of nitrogens with one attached hydrogen (secondary N) is 1. The lowest BCUT2D eigenvalue weighted by Gasteiger charge is -2.32. The van der Waals surface area contributed by atoms with Crippen molar-refractivity contribution in [3.8, 4) is 0 Å². The van der Waals surface area contributed by atoms with Crippen molar-refractivity contribution in [2.45, 2.75) is 18.9 Å². The number of methoxy groups -OCH3 is 2. The number of halogens is 1. The fraction of sp³-hybridized carbons (Fsp3) is 0.357. The number of carbonyl (C=O) groups is 3. The minimum atomic E-state index is -0.985. The minimum Gasteiger partial charge on any atom is -0.452 e. The number of aryl methyl sites for hydroxylation is 1. The average molecular weight is 310 g/mol. The van der Waals surface area contributed by atoms with Crippen LogP contribution in [0.1, 0.15) is 22.3 Å². The van der Waals surface area contributed by atoms with E-state index in [0.717, 1.165) is 25.3 Å². The molecule has 8 heteroatoms. The van der Waals surface area contributed by atoms with Crippen molar-refractivity contribution in [3.63, 3.8) is 0 Å². The maximum absolute atomic E-state index is 13.3. The molecule has 2 rings (SSSR count). The van der Waals surface area contributed by atoms with Gasteiger partial charge in [-0.3, -0.25) is 4.79 Å². The van der Waals surface area contributed by atoms with Gasteiger partial charge in [0, 0.05) is 5.56 Å². The Bertz CT molecular complexity index is 619. The van der Waals surface area contributed by atoms with Crippen molar-refractivity contribution < 1.29 is 28.2 Å². The maximum Gasteiger partial charge on any atom is 0.429 e. The first-order chi connectivity index (χ1) is 10.5. The Morgan fingerprint density at radius 1 is 1.32 bits per heavy atom. The van der Waals surface area contributed by atoms with E-state index in [-0.39, 0.29) is 12.0 Å². The number of hydrogen-bond donors (Lipinski definition) is 1. The third kappa shape index (κ3) is 3.00. The number of hydrazine groups is 1. The molecule has 0 spiro atoms.